The minimum Gasteiger partial charge on any atom is -0.444 e. The molecule has 0 bridgehead atoms. The van der Waals surface area contributed by atoms with Gasteiger partial charge in [0.05, 0.1) is 30.9 Å². The normalized spacial score (nSPS) is 29.1. The summed E-state index contributed by atoms with van der Waals surface area (Å²) in [6.07, 6.45) is 1.48. The van der Waals surface area contributed by atoms with E-state index in [0.717, 1.165) is 18.4 Å². The fourth-order valence-corrected chi connectivity index (χ4v) is 3.49. The molecule has 2 aliphatic rings. The summed E-state index contributed by atoms with van der Waals surface area (Å²) in [5, 5.41) is 0. The molecule has 5 nitrogen and oxygen atoms in total. The molecular formula is C19H27NO4. The first-order chi connectivity index (χ1) is 11.3. The minimum absolute atomic E-state index is 0.0119. The zero-order chi connectivity index (χ0) is 17.4. The van der Waals surface area contributed by atoms with Crippen LogP contribution < -0.4 is 0 Å². The van der Waals surface area contributed by atoms with Crippen molar-refractivity contribution in [2.24, 2.45) is 0 Å². The lowest BCUT2D eigenvalue weighted by Gasteiger charge is -2.28. The predicted molar refractivity (Wildman–Crippen MR) is 90.7 cm³/mol. The number of hydrogen-bond acceptors (Lipinski definition) is 4. The van der Waals surface area contributed by atoms with Crippen LogP contribution in [0.1, 0.15) is 39.2 Å². The number of benzene rings is 1. The number of hydrogen-bond donors (Lipinski definition) is 0. The Kier molecular flexibility index (Phi) is 4.58. The van der Waals surface area contributed by atoms with Crippen LogP contribution in [-0.4, -0.2) is 48.0 Å². The maximum atomic E-state index is 12.6. The van der Waals surface area contributed by atoms with Crippen LogP contribution in [0.4, 0.5) is 4.79 Å². The van der Waals surface area contributed by atoms with E-state index >= 15 is 0 Å². The lowest BCUT2D eigenvalue weighted by molar-refractivity contribution is 0.00927. The Morgan fingerprint density at radius 3 is 2.54 bits per heavy atom. The molecule has 3 rings (SSSR count). The van der Waals surface area contributed by atoms with Gasteiger partial charge in [0.1, 0.15) is 5.60 Å². The molecule has 1 heterocycles. The van der Waals surface area contributed by atoms with Gasteiger partial charge in [-0.3, -0.25) is 4.90 Å². The van der Waals surface area contributed by atoms with Gasteiger partial charge in [-0.2, -0.15) is 0 Å². The summed E-state index contributed by atoms with van der Waals surface area (Å²) in [6.45, 7) is 6.77. The summed E-state index contributed by atoms with van der Waals surface area (Å²) in [7, 11) is 1.70. The van der Waals surface area contributed by atoms with E-state index < -0.39 is 5.60 Å². The first-order valence-electron chi connectivity index (χ1n) is 8.53. The van der Waals surface area contributed by atoms with Crippen molar-refractivity contribution in [3.63, 3.8) is 0 Å². The highest BCUT2D eigenvalue weighted by molar-refractivity contribution is 5.71. The number of likely N-dealkylation sites (tertiary alicyclic amines) is 1. The fraction of sp³-hybridized carbons (Fsp3) is 0.632. The molecule has 1 saturated carbocycles. The van der Waals surface area contributed by atoms with Crippen LogP contribution in [0, 0.1) is 0 Å². The smallest absolute Gasteiger partial charge is 0.410 e. The topological polar surface area (TPSA) is 48.0 Å². The molecule has 2 unspecified atom stereocenters. The summed E-state index contributed by atoms with van der Waals surface area (Å²) in [5.74, 6) is 0. The molecule has 132 valence electrons. The molecule has 1 amide bonds. The second-order valence-electron chi connectivity index (χ2n) is 7.75. The van der Waals surface area contributed by atoms with E-state index in [1.165, 1.54) is 0 Å². The summed E-state index contributed by atoms with van der Waals surface area (Å²) < 4.78 is 17.2. The first-order valence-corrected chi connectivity index (χ1v) is 8.53. The number of carbonyl (C=O) groups is 1. The van der Waals surface area contributed by atoms with Crippen molar-refractivity contribution in [1.29, 1.82) is 0 Å². The SMILES string of the molecule is CO[C@@H]1CC12CC(OCc1ccccc1)CN2C(=O)OC(C)(C)C. The van der Waals surface area contributed by atoms with E-state index in [-0.39, 0.29) is 23.8 Å². The van der Waals surface area contributed by atoms with Crippen LogP contribution in [0.5, 0.6) is 0 Å². The predicted octanol–water partition coefficient (Wildman–Crippen LogP) is 3.37. The quantitative estimate of drug-likeness (QED) is 0.847. The van der Waals surface area contributed by atoms with E-state index in [0.29, 0.717) is 13.2 Å². The van der Waals surface area contributed by atoms with Gasteiger partial charge in [0.25, 0.3) is 0 Å². The number of methoxy groups -OCH3 is 1. The fourth-order valence-electron chi connectivity index (χ4n) is 3.49. The van der Waals surface area contributed by atoms with Gasteiger partial charge in [-0.05, 0) is 26.3 Å². The van der Waals surface area contributed by atoms with Crippen molar-refractivity contribution in [2.75, 3.05) is 13.7 Å². The van der Waals surface area contributed by atoms with E-state index in [1.807, 2.05) is 56.0 Å². The van der Waals surface area contributed by atoms with Gasteiger partial charge >= 0.3 is 6.09 Å². The molecule has 1 aromatic carbocycles. The van der Waals surface area contributed by atoms with Crippen molar-refractivity contribution in [3.8, 4) is 0 Å². The Morgan fingerprint density at radius 1 is 1.25 bits per heavy atom. The highest BCUT2D eigenvalue weighted by atomic mass is 16.6. The zero-order valence-corrected chi connectivity index (χ0v) is 15.0. The van der Waals surface area contributed by atoms with Crippen LogP contribution in [0.15, 0.2) is 30.3 Å². The molecule has 3 atom stereocenters. The van der Waals surface area contributed by atoms with Gasteiger partial charge in [-0.25, -0.2) is 4.79 Å². The number of nitrogens with zero attached hydrogens (tertiary/aromatic N) is 1. The first kappa shape index (κ1) is 17.2. The molecule has 5 heteroatoms. The maximum Gasteiger partial charge on any atom is 0.410 e. The Balaban J connectivity index is 1.64. The second kappa shape index (κ2) is 6.37. The van der Waals surface area contributed by atoms with E-state index in [4.69, 9.17) is 14.2 Å². The Hall–Kier alpha value is -1.59. The Labute approximate surface area is 143 Å². The third kappa shape index (κ3) is 3.57. The van der Waals surface area contributed by atoms with Gasteiger partial charge < -0.3 is 14.2 Å². The van der Waals surface area contributed by atoms with Gasteiger partial charge in [0, 0.05) is 20.0 Å². The summed E-state index contributed by atoms with van der Waals surface area (Å²) >= 11 is 0. The molecule has 24 heavy (non-hydrogen) atoms. The van der Waals surface area contributed by atoms with Crippen LogP contribution in [0.3, 0.4) is 0 Å². The molecular weight excluding hydrogens is 306 g/mol. The third-order valence-corrected chi connectivity index (χ3v) is 4.71. The molecule has 2 fully saturated rings. The number of carbonyl (C=O) groups excluding carboxylic acids is 1. The highest BCUT2D eigenvalue weighted by Crippen LogP contribution is 2.52. The van der Waals surface area contributed by atoms with Crippen molar-refractivity contribution in [1.82, 2.24) is 4.90 Å². The van der Waals surface area contributed by atoms with Crippen LogP contribution >= 0.6 is 0 Å². The summed E-state index contributed by atoms with van der Waals surface area (Å²) in [6, 6.07) is 10.1. The molecule has 0 N–H and O–H groups in total. The number of amides is 1. The van der Waals surface area contributed by atoms with Crippen LogP contribution in [0.2, 0.25) is 0 Å². The summed E-state index contributed by atoms with van der Waals surface area (Å²) in [5.41, 5.74) is 0.387. The highest BCUT2D eigenvalue weighted by Gasteiger charge is 2.65. The molecule has 1 spiro atoms. The minimum atomic E-state index is -0.501. The second-order valence-corrected chi connectivity index (χ2v) is 7.75. The van der Waals surface area contributed by atoms with E-state index in [2.05, 4.69) is 0 Å². The molecule has 1 aliphatic heterocycles. The van der Waals surface area contributed by atoms with Crippen LogP contribution in [0.25, 0.3) is 0 Å². The van der Waals surface area contributed by atoms with Crippen LogP contribution in [-0.2, 0) is 20.8 Å². The molecule has 0 radical (unpaired) electrons. The van der Waals surface area contributed by atoms with Crippen molar-refractivity contribution < 1.29 is 19.0 Å². The molecule has 1 aliphatic carbocycles. The van der Waals surface area contributed by atoms with Gasteiger partial charge in [0.15, 0.2) is 0 Å². The number of ether oxygens (including phenoxy) is 3. The van der Waals surface area contributed by atoms with Gasteiger partial charge in [-0.1, -0.05) is 30.3 Å². The molecule has 1 aromatic rings. The Morgan fingerprint density at radius 2 is 1.96 bits per heavy atom. The molecule has 0 aromatic heterocycles. The standard InChI is InChI=1S/C19H27NO4/c1-18(2,3)24-17(21)20-12-15(10-19(20)11-16(19)22-4)23-13-14-8-6-5-7-9-14/h5-9,15-16H,10-13H2,1-4H3/t15?,16-,19?/m1/s1. The van der Waals surface area contributed by atoms with E-state index in [1.54, 1.807) is 7.11 Å². The average Bonchev–Trinajstić information content (AvgIpc) is 3.08. The number of rotatable bonds is 4. The Bertz CT molecular complexity index is 583. The van der Waals surface area contributed by atoms with Crippen molar-refractivity contribution in [3.05, 3.63) is 35.9 Å². The third-order valence-electron chi connectivity index (χ3n) is 4.71. The lowest BCUT2D eigenvalue weighted by Crippen LogP contribution is -2.43. The van der Waals surface area contributed by atoms with Crippen molar-refractivity contribution >= 4 is 6.09 Å². The largest absolute Gasteiger partial charge is 0.444 e. The summed E-state index contributed by atoms with van der Waals surface area (Å²) in [4.78, 5) is 14.4. The van der Waals surface area contributed by atoms with Gasteiger partial charge in [0.2, 0.25) is 0 Å². The molecule has 1 saturated heterocycles. The lowest BCUT2D eigenvalue weighted by atomic mass is 10.1. The van der Waals surface area contributed by atoms with E-state index in [9.17, 15) is 4.79 Å². The monoisotopic (exact) mass is 333 g/mol. The average molecular weight is 333 g/mol. The van der Waals surface area contributed by atoms with Gasteiger partial charge in [-0.15, -0.1) is 0 Å². The maximum absolute atomic E-state index is 12.6. The zero-order valence-electron chi connectivity index (χ0n) is 15.0. The van der Waals surface area contributed by atoms with Crippen molar-refractivity contribution in [2.45, 2.75) is 63.6 Å².